The molecular formula is C17H28N3O12P2-. The Bertz CT molecular complexity index is 931. The van der Waals surface area contributed by atoms with E-state index in [0.717, 1.165) is 0 Å². The number of rotatable bonds is 8. The van der Waals surface area contributed by atoms with E-state index in [9.17, 15) is 33.9 Å². The topological polar surface area (TPSA) is 222 Å². The lowest BCUT2D eigenvalue weighted by molar-refractivity contribution is -0.265. The van der Waals surface area contributed by atoms with Crippen LogP contribution in [-0.2, 0) is 36.8 Å². The van der Waals surface area contributed by atoms with Gasteiger partial charge in [-0.2, -0.15) is 0 Å². The zero-order chi connectivity index (χ0) is 25.4. The van der Waals surface area contributed by atoms with Crippen LogP contribution in [0.3, 0.4) is 0 Å². The van der Waals surface area contributed by atoms with E-state index in [1.165, 1.54) is 11.1 Å². The van der Waals surface area contributed by atoms with Crippen LogP contribution in [0.4, 0.5) is 0 Å². The van der Waals surface area contributed by atoms with Gasteiger partial charge in [-0.1, -0.05) is 6.58 Å². The lowest BCUT2D eigenvalue weighted by Crippen LogP contribution is -2.52. The number of amides is 1. The maximum absolute atomic E-state index is 12.2. The molecule has 9 atom stereocenters. The number of carbonyl (C=O) groups is 1. The summed E-state index contributed by atoms with van der Waals surface area (Å²) in [4.78, 5) is 35.0. The van der Waals surface area contributed by atoms with Gasteiger partial charge in [-0.05, 0) is 20.3 Å². The minimum atomic E-state index is -5.50. The van der Waals surface area contributed by atoms with E-state index in [1.807, 2.05) is 0 Å². The molecule has 2 saturated heterocycles. The zero-order valence-electron chi connectivity index (χ0n) is 18.4. The molecule has 3 aliphatic rings. The Labute approximate surface area is 195 Å². The van der Waals surface area contributed by atoms with Crippen molar-refractivity contribution in [2.45, 2.75) is 69.7 Å². The van der Waals surface area contributed by atoms with Crippen molar-refractivity contribution < 1.29 is 56.8 Å². The van der Waals surface area contributed by atoms with E-state index in [4.69, 9.17) is 15.2 Å². The first kappa shape index (κ1) is 27.4. The summed E-state index contributed by atoms with van der Waals surface area (Å²) in [6, 6.07) is -0.845. The fraction of sp³-hybridized carbons (Fsp3) is 0.706. The smallest absolute Gasteiger partial charge is 0.478 e. The number of aliphatic hydroxyl groups excluding tert-OH is 2. The highest BCUT2D eigenvalue weighted by Gasteiger charge is 2.42. The van der Waals surface area contributed by atoms with E-state index in [1.54, 1.807) is 13.8 Å². The van der Waals surface area contributed by atoms with Crippen LogP contribution in [0.15, 0.2) is 24.2 Å². The average Bonchev–Trinajstić information content (AvgIpc) is 3.06. The van der Waals surface area contributed by atoms with Gasteiger partial charge in [0.05, 0.1) is 18.8 Å². The summed E-state index contributed by atoms with van der Waals surface area (Å²) >= 11 is 0. The van der Waals surface area contributed by atoms with E-state index >= 15 is 0 Å². The molecule has 0 saturated carbocycles. The Morgan fingerprint density at radius 1 is 1.35 bits per heavy atom. The molecule has 3 rings (SSSR count). The number of ether oxygens (including phenoxy) is 2. The van der Waals surface area contributed by atoms with Gasteiger partial charge < -0.3 is 45.4 Å². The molecule has 0 aromatic heterocycles. The third kappa shape index (κ3) is 6.72. The van der Waals surface area contributed by atoms with Crippen molar-refractivity contribution in [3.8, 4) is 0 Å². The molecule has 1 amide bonds. The van der Waals surface area contributed by atoms with Gasteiger partial charge >= 0.3 is 7.82 Å². The van der Waals surface area contributed by atoms with Crippen molar-refractivity contribution in [3.63, 3.8) is 0 Å². The molecule has 0 radical (unpaired) electrons. The van der Waals surface area contributed by atoms with Crippen LogP contribution >= 0.6 is 15.6 Å². The Hall–Kier alpha value is -1.19. The average molecular weight is 528 g/mol. The highest BCUT2D eigenvalue weighted by atomic mass is 31.3. The highest BCUT2D eigenvalue weighted by Crippen LogP contribution is 2.59. The molecule has 0 aromatic rings. The summed E-state index contributed by atoms with van der Waals surface area (Å²) in [6.07, 6.45) is -5.14. The summed E-state index contributed by atoms with van der Waals surface area (Å²) < 4.78 is 48.4. The van der Waals surface area contributed by atoms with Crippen molar-refractivity contribution >= 4 is 21.6 Å². The minimum absolute atomic E-state index is 0.0296. The number of nitrogens with one attached hydrogen (secondary N) is 1. The van der Waals surface area contributed by atoms with Gasteiger partial charge in [0.25, 0.3) is 13.7 Å². The number of nitrogens with zero attached hydrogens (tertiary/aromatic N) is 1. The molecule has 3 heterocycles. The van der Waals surface area contributed by atoms with Crippen LogP contribution in [0.5, 0.6) is 0 Å². The third-order valence-corrected chi connectivity index (χ3v) is 7.87. The molecule has 6 N–H and O–H groups in total. The molecule has 194 valence electrons. The summed E-state index contributed by atoms with van der Waals surface area (Å²) in [6.45, 7) is 6.12. The quantitative estimate of drug-likeness (QED) is 0.231. The first-order valence-electron chi connectivity index (χ1n) is 10.2. The number of nitrogens with two attached hydrogens (primary N) is 1. The Morgan fingerprint density at radius 2 is 2.03 bits per heavy atom. The van der Waals surface area contributed by atoms with Crippen LogP contribution in [0, 0.1) is 0 Å². The zero-order valence-corrected chi connectivity index (χ0v) is 20.2. The van der Waals surface area contributed by atoms with Gasteiger partial charge in [0.1, 0.15) is 24.3 Å². The Kier molecular flexibility index (Phi) is 8.40. The highest BCUT2D eigenvalue weighted by molar-refractivity contribution is 7.60. The molecule has 0 aromatic carbocycles. The first-order chi connectivity index (χ1) is 15.7. The molecule has 2 fully saturated rings. The number of phosphoric acid groups is 2. The van der Waals surface area contributed by atoms with Crippen molar-refractivity contribution in [1.29, 1.82) is 0 Å². The van der Waals surface area contributed by atoms with Gasteiger partial charge in [0, 0.05) is 24.2 Å². The van der Waals surface area contributed by atoms with Crippen molar-refractivity contribution in [2.24, 2.45) is 5.73 Å². The fourth-order valence-corrected chi connectivity index (χ4v) is 5.69. The van der Waals surface area contributed by atoms with Gasteiger partial charge in [0.2, 0.25) is 0 Å². The molecular weight excluding hydrogens is 500 g/mol. The van der Waals surface area contributed by atoms with Gasteiger partial charge in [-0.25, -0.2) is 8.88 Å². The SMILES string of the molecule is C=C1NC(=O)C(C)=CN1[C@H]1CC(O)[C@@H](COP(=O)(O)OP(=O)([O-])O[C@@H]2OC(C)C[C@H](N)C2O)O1. The largest absolute Gasteiger partial charge is 0.756 e. The number of hydrogen-bond donors (Lipinski definition) is 5. The molecule has 17 heteroatoms. The maximum atomic E-state index is 12.2. The third-order valence-electron chi connectivity index (χ3n) is 5.30. The molecule has 34 heavy (non-hydrogen) atoms. The minimum Gasteiger partial charge on any atom is -0.756 e. The van der Waals surface area contributed by atoms with E-state index < -0.39 is 65.2 Å². The number of hydrogen-bond acceptors (Lipinski definition) is 13. The summed E-state index contributed by atoms with van der Waals surface area (Å²) in [5.41, 5.74) is 6.05. The van der Waals surface area contributed by atoms with E-state index in [0.29, 0.717) is 5.57 Å². The van der Waals surface area contributed by atoms with Gasteiger partial charge in [0.15, 0.2) is 6.29 Å². The lowest BCUT2D eigenvalue weighted by Gasteiger charge is -2.38. The predicted molar refractivity (Wildman–Crippen MR) is 111 cm³/mol. The molecule has 0 bridgehead atoms. The van der Waals surface area contributed by atoms with Crippen LogP contribution in [-0.4, -0.2) is 75.5 Å². The molecule has 3 aliphatic heterocycles. The summed E-state index contributed by atoms with van der Waals surface area (Å²) in [7, 11) is -10.8. The summed E-state index contributed by atoms with van der Waals surface area (Å²) in [5.74, 6) is -0.138. The van der Waals surface area contributed by atoms with Gasteiger partial charge in [-0.3, -0.25) is 18.4 Å². The summed E-state index contributed by atoms with van der Waals surface area (Å²) in [5, 5.41) is 22.7. The monoisotopic (exact) mass is 528 g/mol. The van der Waals surface area contributed by atoms with E-state index in [-0.39, 0.29) is 24.6 Å². The lowest BCUT2D eigenvalue weighted by atomic mass is 10.0. The van der Waals surface area contributed by atoms with Crippen LogP contribution in [0.2, 0.25) is 0 Å². The molecule has 0 aliphatic carbocycles. The number of carbonyl (C=O) groups excluding carboxylic acids is 1. The Morgan fingerprint density at radius 3 is 2.71 bits per heavy atom. The number of phosphoric ester groups is 2. The standard InChI is InChI=1S/C17H29N3O12P2/c1-8-6-20(10(3)19-16(8)23)14-5-12(21)13(30-14)7-28-33(24,25)32-34(26,27)31-17-15(22)11(18)4-9(2)29-17/h6,9,11-15,17,21-22H,3-5,7,18H2,1-2H3,(H,19,23)(H,24,25)(H,26,27)/p-1/t9?,11-,12?,13+,14+,15?,17-/m0/s1. The second-order valence-corrected chi connectivity index (χ2v) is 11.1. The second kappa shape index (κ2) is 10.4. The number of aliphatic hydroxyl groups is 2. The van der Waals surface area contributed by atoms with Crippen molar-refractivity contribution in [2.75, 3.05) is 6.61 Å². The van der Waals surface area contributed by atoms with E-state index in [2.05, 4.69) is 25.3 Å². The second-order valence-electron chi connectivity index (χ2n) is 8.16. The fourth-order valence-electron chi connectivity index (χ4n) is 3.57. The molecule has 15 nitrogen and oxygen atoms in total. The Balaban J connectivity index is 1.55. The first-order valence-corrected chi connectivity index (χ1v) is 13.2. The predicted octanol–water partition coefficient (Wildman–Crippen LogP) is -1.29. The maximum Gasteiger partial charge on any atom is 0.478 e. The van der Waals surface area contributed by atoms with Gasteiger partial charge in [-0.15, -0.1) is 0 Å². The molecule has 5 unspecified atom stereocenters. The van der Waals surface area contributed by atoms with Crippen LogP contribution < -0.4 is 15.9 Å². The molecule has 0 spiro atoms. The van der Waals surface area contributed by atoms with Crippen LogP contribution in [0.1, 0.15) is 26.7 Å². The normalized spacial score (nSPS) is 38.1. The van der Waals surface area contributed by atoms with Crippen molar-refractivity contribution in [3.05, 3.63) is 24.2 Å². The van der Waals surface area contributed by atoms with Crippen molar-refractivity contribution in [1.82, 2.24) is 10.2 Å². The van der Waals surface area contributed by atoms with Crippen LogP contribution in [0.25, 0.3) is 0 Å².